The zero-order chi connectivity index (χ0) is 21.5. The molecule has 7 nitrogen and oxygen atoms in total. The summed E-state index contributed by atoms with van der Waals surface area (Å²) in [5.41, 5.74) is 7.87. The summed E-state index contributed by atoms with van der Waals surface area (Å²) in [5, 5.41) is 3.02. The molecule has 4 N–H and O–H groups in total. The number of nitrogens with one attached hydrogen (secondary N) is 2. The molecule has 0 radical (unpaired) electrons. The summed E-state index contributed by atoms with van der Waals surface area (Å²) < 4.78 is 0. The summed E-state index contributed by atoms with van der Waals surface area (Å²) in [6.45, 7) is 12.3. The van der Waals surface area contributed by atoms with Crippen molar-refractivity contribution in [2.75, 3.05) is 0 Å². The first-order valence-corrected chi connectivity index (χ1v) is 10.4. The van der Waals surface area contributed by atoms with Crippen molar-refractivity contribution in [3.05, 3.63) is 34.5 Å². The van der Waals surface area contributed by atoms with Gasteiger partial charge in [0.1, 0.15) is 11.2 Å². The molecule has 1 atom stereocenters. The third kappa shape index (κ3) is 4.17. The standard InChI is InChI=1S/C21H27N5O2S/c1-10(2)15-7-12(18(22)27)17(29-15)14-9-24-19-16(26-14)13(8-23-19)20(28)25-11(3)21(4,5)6/h7-11H,1-6H3,(H2,22,27)(H,23,24)(H,25,28)/t11-/m0/s1. The van der Waals surface area contributed by atoms with E-state index in [1.807, 2.05) is 13.0 Å². The van der Waals surface area contributed by atoms with Crippen LogP contribution < -0.4 is 11.1 Å². The van der Waals surface area contributed by atoms with Crippen LogP contribution in [0.3, 0.4) is 0 Å². The lowest BCUT2D eigenvalue weighted by molar-refractivity contribution is 0.0911. The molecule has 0 saturated carbocycles. The van der Waals surface area contributed by atoms with Crippen molar-refractivity contribution in [1.82, 2.24) is 20.3 Å². The fourth-order valence-electron chi connectivity index (χ4n) is 2.73. The van der Waals surface area contributed by atoms with E-state index in [0.29, 0.717) is 32.9 Å². The highest BCUT2D eigenvalue weighted by Crippen LogP contribution is 2.35. The Kier molecular flexibility index (Phi) is 5.49. The van der Waals surface area contributed by atoms with Crippen LogP contribution in [0.5, 0.6) is 0 Å². The number of H-pyrrole nitrogens is 1. The van der Waals surface area contributed by atoms with Crippen molar-refractivity contribution in [2.45, 2.75) is 53.5 Å². The highest BCUT2D eigenvalue weighted by Gasteiger charge is 2.25. The minimum absolute atomic E-state index is 0.0246. The van der Waals surface area contributed by atoms with Crippen molar-refractivity contribution < 1.29 is 9.59 Å². The van der Waals surface area contributed by atoms with Crippen LogP contribution in [0.15, 0.2) is 18.5 Å². The molecule has 3 aromatic heterocycles. The number of hydrogen-bond acceptors (Lipinski definition) is 5. The molecule has 29 heavy (non-hydrogen) atoms. The summed E-state index contributed by atoms with van der Waals surface area (Å²) in [5.74, 6) is -0.457. The van der Waals surface area contributed by atoms with Crippen molar-refractivity contribution in [2.24, 2.45) is 11.1 Å². The first-order valence-electron chi connectivity index (χ1n) is 9.58. The number of rotatable bonds is 5. The zero-order valence-electron chi connectivity index (χ0n) is 17.6. The van der Waals surface area contributed by atoms with E-state index in [4.69, 9.17) is 5.73 Å². The van der Waals surface area contributed by atoms with Gasteiger partial charge < -0.3 is 16.0 Å². The third-order valence-electron chi connectivity index (χ3n) is 5.09. The average molecular weight is 414 g/mol. The Morgan fingerprint density at radius 2 is 1.90 bits per heavy atom. The normalized spacial score (nSPS) is 13.1. The smallest absolute Gasteiger partial charge is 0.255 e. The molecule has 0 unspecified atom stereocenters. The minimum atomic E-state index is -0.504. The van der Waals surface area contributed by atoms with E-state index in [2.05, 4.69) is 54.9 Å². The van der Waals surface area contributed by atoms with Gasteiger partial charge in [-0.1, -0.05) is 34.6 Å². The number of carbonyl (C=O) groups is 2. The molecule has 154 valence electrons. The number of amides is 2. The molecule has 0 aromatic carbocycles. The third-order valence-corrected chi connectivity index (χ3v) is 6.55. The molecule has 0 fully saturated rings. The predicted molar refractivity (Wildman–Crippen MR) is 116 cm³/mol. The van der Waals surface area contributed by atoms with Crippen molar-refractivity contribution in [3.8, 4) is 10.6 Å². The maximum atomic E-state index is 12.8. The number of primary amides is 1. The van der Waals surface area contributed by atoms with Gasteiger partial charge in [-0.3, -0.25) is 9.59 Å². The van der Waals surface area contributed by atoms with E-state index in [1.54, 1.807) is 12.4 Å². The molecule has 0 saturated heterocycles. The quantitative estimate of drug-likeness (QED) is 0.585. The number of aromatic nitrogens is 3. The number of carbonyl (C=O) groups excluding carboxylic acids is 2. The lowest BCUT2D eigenvalue weighted by atomic mass is 9.88. The molecule has 2 amide bonds. The topological polar surface area (TPSA) is 114 Å². The SMILES string of the molecule is CC(C)c1cc(C(N)=O)c(-c2cnc3[nH]cc(C(=O)N[C@@H](C)C(C)(C)C)c3n2)s1. The van der Waals surface area contributed by atoms with Gasteiger partial charge in [-0.15, -0.1) is 11.3 Å². The summed E-state index contributed by atoms with van der Waals surface area (Å²) in [6, 6.07) is 1.79. The predicted octanol–water partition coefficient (Wildman–Crippen LogP) is 4.07. The Labute approximate surface area is 174 Å². The van der Waals surface area contributed by atoms with Crippen LogP contribution in [0.1, 0.15) is 73.1 Å². The molecule has 3 rings (SSSR count). The van der Waals surface area contributed by atoms with Gasteiger partial charge in [0, 0.05) is 17.1 Å². The molecular formula is C21H27N5O2S. The van der Waals surface area contributed by atoms with E-state index in [9.17, 15) is 9.59 Å². The fraction of sp³-hybridized carbons (Fsp3) is 0.429. The maximum Gasteiger partial charge on any atom is 0.255 e. The molecule has 0 aliphatic heterocycles. The molecular weight excluding hydrogens is 386 g/mol. The maximum absolute atomic E-state index is 12.8. The summed E-state index contributed by atoms with van der Waals surface area (Å²) in [7, 11) is 0. The van der Waals surface area contributed by atoms with E-state index in [1.165, 1.54) is 11.3 Å². The van der Waals surface area contributed by atoms with Gasteiger partial charge in [-0.2, -0.15) is 0 Å². The first kappa shape index (κ1) is 21.0. The molecule has 0 spiro atoms. The number of thiophene rings is 1. The molecule has 0 aliphatic carbocycles. The second kappa shape index (κ2) is 7.59. The second-order valence-corrected chi connectivity index (χ2v) is 9.71. The van der Waals surface area contributed by atoms with E-state index < -0.39 is 5.91 Å². The molecule has 0 bridgehead atoms. The van der Waals surface area contributed by atoms with Crippen LogP contribution in [-0.4, -0.2) is 32.8 Å². The number of fused-ring (bicyclic) bond motifs is 1. The van der Waals surface area contributed by atoms with Gasteiger partial charge in [0.05, 0.1) is 22.2 Å². The Bertz CT molecular complexity index is 1070. The monoisotopic (exact) mass is 413 g/mol. The number of hydrogen-bond donors (Lipinski definition) is 3. The highest BCUT2D eigenvalue weighted by atomic mass is 32.1. The van der Waals surface area contributed by atoms with Crippen LogP contribution in [0, 0.1) is 5.41 Å². The van der Waals surface area contributed by atoms with Crippen LogP contribution in [0.2, 0.25) is 0 Å². The lowest BCUT2D eigenvalue weighted by Crippen LogP contribution is -2.41. The van der Waals surface area contributed by atoms with Gasteiger partial charge in [-0.05, 0) is 24.3 Å². The van der Waals surface area contributed by atoms with Crippen molar-refractivity contribution >= 4 is 34.3 Å². The van der Waals surface area contributed by atoms with Gasteiger partial charge in [0.15, 0.2) is 5.65 Å². The number of aromatic amines is 1. The first-order chi connectivity index (χ1) is 13.5. The number of nitrogens with zero attached hydrogens (tertiary/aromatic N) is 2. The summed E-state index contributed by atoms with van der Waals surface area (Å²) >= 11 is 1.47. The highest BCUT2D eigenvalue weighted by molar-refractivity contribution is 7.16. The molecule has 8 heteroatoms. The van der Waals surface area contributed by atoms with Crippen LogP contribution in [0.25, 0.3) is 21.7 Å². The van der Waals surface area contributed by atoms with Crippen molar-refractivity contribution in [3.63, 3.8) is 0 Å². The van der Waals surface area contributed by atoms with Gasteiger partial charge in [-0.25, -0.2) is 9.97 Å². The fourth-order valence-corrected chi connectivity index (χ4v) is 3.85. The zero-order valence-corrected chi connectivity index (χ0v) is 18.4. The second-order valence-electron chi connectivity index (χ2n) is 8.63. The van der Waals surface area contributed by atoms with Gasteiger partial charge in [0.2, 0.25) is 5.91 Å². The largest absolute Gasteiger partial charge is 0.366 e. The van der Waals surface area contributed by atoms with Crippen LogP contribution in [-0.2, 0) is 0 Å². The Morgan fingerprint density at radius 1 is 1.21 bits per heavy atom. The Morgan fingerprint density at radius 3 is 2.48 bits per heavy atom. The lowest BCUT2D eigenvalue weighted by Gasteiger charge is -2.27. The molecule has 3 aromatic rings. The van der Waals surface area contributed by atoms with Gasteiger partial charge in [0.25, 0.3) is 5.91 Å². The Balaban J connectivity index is 2.05. The molecule has 3 heterocycles. The Hall–Kier alpha value is -2.74. The molecule has 0 aliphatic rings. The van der Waals surface area contributed by atoms with E-state index >= 15 is 0 Å². The average Bonchev–Trinajstić information content (AvgIpc) is 3.24. The van der Waals surface area contributed by atoms with E-state index in [0.717, 1.165) is 4.88 Å². The van der Waals surface area contributed by atoms with Crippen LogP contribution in [0.4, 0.5) is 0 Å². The minimum Gasteiger partial charge on any atom is -0.366 e. The van der Waals surface area contributed by atoms with E-state index in [-0.39, 0.29) is 23.3 Å². The summed E-state index contributed by atoms with van der Waals surface area (Å²) in [4.78, 5) is 38.5. The summed E-state index contributed by atoms with van der Waals surface area (Å²) in [6.07, 6.45) is 3.21. The van der Waals surface area contributed by atoms with Crippen molar-refractivity contribution in [1.29, 1.82) is 0 Å². The number of nitrogens with two attached hydrogens (primary N) is 1. The van der Waals surface area contributed by atoms with Gasteiger partial charge >= 0.3 is 0 Å². The van der Waals surface area contributed by atoms with Crippen LogP contribution >= 0.6 is 11.3 Å².